The van der Waals surface area contributed by atoms with Gasteiger partial charge in [-0.3, -0.25) is 19.8 Å². The fraction of sp³-hybridized carbons (Fsp3) is 0.167. The van der Waals surface area contributed by atoms with E-state index in [0.717, 1.165) is 16.3 Å². The number of nitrogens with one attached hydrogen (secondary N) is 3. The number of nitrogens with zero attached hydrogens (tertiary/aromatic N) is 2. The Hall–Kier alpha value is -4.28. The van der Waals surface area contributed by atoms with Gasteiger partial charge in [-0.25, -0.2) is 10.0 Å². The second-order valence-corrected chi connectivity index (χ2v) is 7.60. The van der Waals surface area contributed by atoms with Gasteiger partial charge in [-0.1, -0.05) is 30.9 Å². The number of anilines is 2. The van der Waals surface area contributed by atoms with E-state index in [1.807, 2.05) is 19.9 Å². The maximum atomic E-state index is 12.7. The molecule has 1 aliphatic rings. The molecule has 176 valence electrons. The molecule has 1 fully saturated rings. The van der Waals surface area contributed by atoms with Crippen LogP contribution in [0.1, 0.15) is 28.4 Å². The van der Waals surface area contributed by atoms with Crippen LogP contribution in [0.2, 0.25) is 0 Å². The Balaban J connectivity index is 1.65. The van der Waals surface area contributed by atoms with Crippen LogP contribution in [0.5, 0.6) is 0 Å². The molecule has 0 unspecified atom stereocenters. The molecule has 3 amide bonds. The average Bonchev–Trinajstić information content (AvgIpc) is 2.99. The van der Waals surface area contributed by atoms with Gasteiger partial charge < -0.3 is 20.8 Å². The number of aliphatic imine (C=N–C) groups is 1. The summed E-state index contributed by atoms with van der Waals surface area (Å²) < 4.78 is 0. The average molecular weight is 463 g/mol. The molecule has 1 aliphatic heterocycles. The van der Waals surface area contributed by atoms with Gasteiger partial charge in [-0.2, -0.15) is 0 Å². The number of rotatable bonds is 7. The number of hydrogen-bond donors (Lipinski definition) is 5. The molecule has 1 saturated heterocycles. The first-order chi connectivity index (χ1) is 16.1. The molecule has 5 N–H and O–H groups in total. The third-order valence-corrected chi connectivity index (χ3v) is 4.95. The van der Waals surface area contributed by atoms with E-state index in [4.69, 9.17) is 0 Å². The summed E-state index contributed by atoms with van der Waals surface area (Å²) >= 11 is 0. The number of carbonyl (C=O) groups excluding carboxylic acids is 3. The maximum absolute atomic E-state index is 12.7. The molecule has 0 spiro atoms. The number of carbonyl (C=O) groups is 3. The van der Waals surface area contributed by atoms with Crippen molar-refractivity contribution in [2.24, 2.45) is 4.99 Å². The third-order valence-electron chi connectivity index (χ3n) is 4.95. The van der Waals surface area contributed by atoms with E-state index < -0.39 is 17.6 Å². The quantitative estimate of drug-likeness (QED) is 0.139. The Morgan fingerprint density at radius 1 is 1.18 bits per heavy atom. The highest BCUT2D eigenvalue weighted by Gasteiger charge is 2.52. The van der Waals surface area contributed by atoms with Gasteiger partial charge in [0.1, 0.15) is 5.84 Å². The van der Waals surface area contributed by atoms with Crippen molar-refractivity contribution in [2.45, 2.75) is 26.2 Å². The van der Waals surface area contributed by atoms with Crippen LogP contribution >= 0.6 is 0 Å². The standard InChI is InChI=1S/C24H25N5O5/c1-4-5-12-25-16(3)26-20-13-19(11-6-15(20)2)27-21(30)18-9-7-17(8-10-18)14-29-23(32)24(33,34)22(31)28-29/h4-13,33-34H,1,14H2,2-3H3,(H,25,26)(H,27,30)(H,28,31)/b12-5-. The van der Waals surface area contributed by atoms with E-state index in [1.54, 1.807) is 54.8 Å². The van der Waals surface area contributed by atoms with Gasteiger partial charge in [-0.05, 0) is 55.3 Å². The van der Waals surface area contributed by atoms with Gasteiger partial charge in [0.25, 0.3) is 5.91 Å². The number of hydrogen-bond acceptors (Lipinski definition) is 6. The Morgan fingerprint density at radius 3 is 2.50 bits per heavy atom. The van der Waals surface area contributed by atoms with Gasteiger partial charge in [0, 0.05) is 23.1 Å². The van der Waals surface area contributed by atoms with E-state index in [2.05, 4.69) is 27.6 Å². The molecular weight excluding hydrogens is 438 g/mol. The molecule has 10 heteroatoms. The molecule has 2 aromatic rings. The van der Waals surface area contributed by atoms with Crippen LogP contribution in [0, 0.1) is 6.92 Å². The zero-order valence-corrected chi connectivity index (χ0v) is 18.7. The van der Waals surface area contributed by atoms with Gasteiger partial charge in [0.05, 0.1) is 6.54 Å². The topological polar surface area (TPSA) is 143 Å². The predicted octanol–water partition coefficient (Wildman–Crippen LogP) is 1.83. The molecule has 1 heterocycles. The molecule has 0 aliphatic carbocycles. The molecule has 34 heavy (non-hydrogen) atoms. The van der Waals surface area contributed by atoms with Crippen molar-refractivity contribution in [1.29, 1.82) is 0 Å². The van der Waals surface area contributed by atoms with Crippen molar-refractivity contribution in [3.05, 3.63) is 84.1 Å². The number of aliphatic hydroxyl groups is 2. The fourth-order valence-electron chi connectivity index (χ4n) is 3.07. The molecule has 3 rings (SSSR count). The summed E-state index contributed by atoms with van der Waals surface area (Å²) in [4.78, 5) is 40.2. The number of benzene rings is 2. The van der Waals surface area contributed by atoms with Crippen LogP contribution < -0.4 is 16.1 Å². The normalized spacial score (nSPS) is 15.4. The van der Waals surface area contributed by atoms with Crippen LogP contribution in [0.25, 0.3) is 0 Å². The molecule has 2 aromatic carbocycles. The number of hydrazine groups is 1. The number of allylic oxidation sites excluding steroid dienone is 2. The number of amidine groups is 1. The highest BCUT2D eigenvalue weighted by Crippen LogP contribution is 2.21. The zero-order valence-electron chi connectivity index (χ0n) is 18.7. The van der Waals surface area contributed by atoms with Crippen molar-refractivity contribution >= 4 is 34.9 Å². The highest BCUT2D eigenvalue weighted by molar-refractivity contribution is 6.10. The second kappa shape index (κ2) is 10.1. The zero-order chi connectivity index (χ0) is 24.9. The van der Waals surface area contributed by atoms with Crippen LogP contribution in [0.3, 0.4) is 0 Å². The lowest BCUT2D eigenvalue weighted by Gasteiger charge is -2.16. The van der Waals surface area contributed by atoms with E-state index in [0.29, 0.717) is 22.6 Å². The summed E-state index contributed by atoms with van der Waals surface area (Å²) in [6.07, 6.45) is 4.96. The molecule has 0 radical (unpaired) electrons. The number of aryl methyl sites for hydroxylation is 1. The minimum absolute atomic E-state index is 0.0920. The van der Waals surface area contributed by atoms with Crippen LogP contribution in [-0.4, -0.2) is 44.6 Å². The maximum Gasteiger partial charge on any atom is 0.330 e. The van der Waals surface area contributed by atoms with E-state index in [-0.39, 0.29) is 12.5 Å². The van der Waals surface area contributed by atoms with Gasteiger partial charge in [-0.15, -0.1) is 0 Å². The summed E-state index contributed by atoms with van der Waals surface area (Å²) in [5.41, 5.74) is 5.40. The lowest BCUT2D eigenvalue weighted by Crippen LogP contribution is -2.43. The highest BCUT2D eigenvalue weighted by atomic mass is 16.5. The lowest BCUT2D eigenvalue weighted by molar-refractivity contribution is -0.186. The van der Waals surface area contributed by atoms with Crippen molar-refractivity contribution < 1.29 is 24.6 Å². The molecule has 0 atom stereocenters. The summed E-state index contributed by atoms with van der Waals surface area (Å²) in [6, 6.07) is 11.8. The van der Waals surface area contributed by atoms with Crippen molar-refractivity contribution in [3.63, 3.8) is 0 Å². The largest absolute Gasteiger partial charge is 0.351 e. The fourth-order valence-corrected chi connectivity index (χ4v) is 3.07. The summed E-state index contributed by atoms with van der Waals surface area (Å²) in [6.45, 7) is 7.26. The second-order valence-electron chi connectivity index (χ2n) is 7.60. The summed E-state index contributed by atoms with van der Waals surface area (Å²) in [5, 5.41) is 25.7. The first-order valence-corrected chi connectivity index (χ1v) is 10.3. The summed E-state index contributed by atoms with van der Waals surface area (Å²) in [5.74, 6) is -5.12. The Kier molecular flexibility index (Phi) is 7.24. The van der Waals surface area contributed by atoms with Gasteiger partial charge >= 0.3 is 17.6 Å². The molecule has 0 saturated carbocycles. The minimum atomic E-state index is -3.08. The smallest absolute Gasteiger partial charge is 0.330 e. The monoisotopic (exact) mass is 463 g/mol. The Morgan fingerprint density at radius 2 is 1.88 bits per heavy atom. The lowest BCUT2D eigenvalue weighted by atomic mass is 10.1. The van der Waals surface area contributed by atoms with Crippen LogP contribution in [0.15, 0.2) is 72.4 Å². The summed E-state index contributed by atoms with van der Waals surface area (Å²) in [7, 11) is 0. The van der Waals surface area contributed by atoms with Crippen LogP contribution in [0.4, 0.5) is 11.4 Å². The molecular formula is C24H25N5O5. The molecule has 0 aromatic heterocycles. The van der Waals surface area contributed by atoms with E-state index >= 15 is 0 Å². The predicted molar refractivity (Wildman–Crippen MR) is 128 cm³/mol. The van der Waals surface area contributed by atoms with E-state index in [1.165, 1.54) is 0 Å². The Labute approximate surface area is 196 Å². The van der Waals surface area contributed by atoms with Crippen molar-refractivity contribution in [1.82, 2.24) is 10.4 Å². The van der Waals surface area contributed by atoms with Gasteiger partial charge in [0.15, 0.2) is 0 Å². The number of amides is 3. The van der Waals surface area contributed by atoms with Crippen molar-refractivity contribution in [3.8, 4) is 0 Å². The molecule has 10 nitrogen and oxygen atoms in total. The van der Waals surface area contributed by atoms with Gasteiger partial charge in [0.2, 0.25) is 0 Å². The van der Waals surface area contributed by atoms with Crippen LogP contribution in [-0.2, 0) is 16.1 Å². The SMILES string of the molecule is C=C/C=C\N=C(C)Nc1cc(NC(=O)c2ccc(CN3NC(=O)C(O)(O)C3=O)cc2)ccc1C. The Bertz CT molecular complexity index is 1180. The first-order valence-electron chi connectivity index (χ1n) is 10.3. The van der Waals surface area contributed by atoms with Crippen molar-refractivity contribution in [2.75, 3.05) is 10.6 Å². The first kappa shape index (κ1) is 24.4. The van der Waals surface area contributed by atoms with E-state index in [9.17, 15) is 24.6 Å². The minimum Gasteiger partial charge on any atom is -0.351 e. The third kappa shape index (κ3) is 5.55. The molecule has 0 bridgehead atoms.